The molecule has 5 nitrogen and oxygen atoms in total. The van der Waals surface area contributed by atoms with E-state index in [1.165, 1.54) is 0 Å². The topological polar surface area (TPSA) is 66.8 Å². The van der Waals surface area contributed by atoms with Gasteiger partial charge in [-0.1, -0.05) is 29.3 Å². The Hall–Kier alpha value is -1.46. The summed E-state index contributed by atoms with van der Waals surface area (Å²) in [6.45, 7) is 1.17. The van der Waals surface area contributed by atoms with Crippen LogP contribution in [0.25, 0.3) is 0 Å². The predicted octanol–water partition coefficient (Wildman–Crippen LogP) is 3.09. The Morgan fingerprint density at radius 3 is 2.59 bits per heavy atom. The van der Waals surface area contributed by atoms with Gasteiger partial charge in [0.2, 0.25) is 5.91 Å². The lowest BCUT2D eigenvalue weighted by molar-refractivity contribution is -0.145. The molecule has 1 aromatic rings. The molecule has 22 heavy (non-hydrogen) atoms. The Labute approximate surface area is 138 Å². The van der Waals surface area contributed by atoms with Crippen LogP contribution in [0, 0.1) is 5.92 Å². The van der Waals surface area contributed by atoms with E-state index in [9.17, 15) is 9.59 Å². The third-order valence-electron chi connectivity index (χ3n) is 3.69. The van der Waals surface area contributed by atoms with Crippen molar-refractivity contribution in [2.75, 3.05) is 19.7 Å². The molecule has 120 valence electrons. The number of rotatable bonds is 5. The number of aliphatic carboxylic acids is 1. The standard InChI is InChI=1S/C15H17Cl2NO4/c16-11-2-1-3-12(14(11)17)22-9-6-13(19)18-7-4-10(5-8-18)15(20)21/h1-3,10H,4-9H2,(H,20,21). The maximum absolute atomic E-state index is 12.1. The van der Waals surface area contributed by atoms with Gasteiger partial charge in [-0.2, -0.15) is 0 Å². The highest BCUT2D eigenvalue weighted by atomic mass is 35.5. The van der Waals surface area contributed by atoms with E-state index in [1.54, 1.807) is 23.1 Å². The predicted molar refractivity (Wildman–Crippen MR) is 83.5 cm³/mol. The van der Waals surface area contributed by atoms with Crippen molar-refractivity contribution in [1.29, 1.82) is 0 Å². The van der Waals surface area contributed by atoms with E-state index >= 15 is 0 Å². The number of carbonyl (C=O) groups is 2. The summed E-state index contributed by atoms with van der Waals surface area (Å²) in [5, 5.41) is 9.67. The fourth-order valence-electron chi connectivity index (χ4n) is 2.38. The number of carboxylic acids is 1. The summed E-state index contributed by atoms with van der Waals surface area (Å²) in [4.78, 5) is 24.6. The van der Waals surface area contributed by atoms with Crippen molar-refractivity contribution < 1.29 is 19.4 Å². The van der Waals surface area contributed by atoms with Gasteiger partial charge < -0.3 is 14.7 Å². The molecule has 1 heterocycles. The van der Waals surface area contributed by atoms with Gasteiger partial charge in [-0.25, -0.2) is 0 Å². The highest BCUT2D eigenvalue weighted by Crippen LogP contribution is 2.31. The maximum atomic E-state index is 12.1. The van der Waals surface area contributed by atoms with Crippen molar-refractivity contribution in [1.82, 2.24) is 4.90 Å². The van der Waals surface area contributed by atoms with Gasteiger partial charge in [0.1, 0.15) is 10.8 Å². The maximum Gasteiger partial charge on any atom is 0.306 e. The fraction of sp³-hybridized carbons (Fsp3) is 0.467. The number of carbonyl (C=O) groups excluding carboxylic acids is 1. The van der Waals surface area contributed by atoms with Gasteiger partial charge in [-0.05, 0) is 25.0 Å². The van der Waals surface area contributed by atoms with E-state index in [1.807, 2.05) is 0 Å². The van der Waals surface area contributed by atoms with Gasteiger partial charge >= 0.3 is 5.97 Å². The highest BCUT2D eigenvalue weighted by Gasteiger charge is 2.26. The molecule has 0 aromatic heterocycles. The molecular formula is C15H17Cl2NO4. The summed E-state index contributed by atoms with van der Waals surface area (Å²) in [6.07, 6.45) is 1.23. The van der Waals surface area contributed by atoms with Crippen molar-refractivity contribution >= 4 is 35.1 Å². The van der Waals surface area contributed by atoms with Crippen molar-refractivity contribution in [2.45, 2.75) is 19.3 Å². The second kappa shape index (κ2) is 7.70. The lowest BCUT2D eigenvalue weighted by Crippen LogP contribution is -2.40. The van der Waals surface area contributed by atoms with Gasteiger partial charge in [-0.3, -0.25) is 9.59 Å². The van der Waals surface area contributed by atoms with Gasteiger partial charge in [0.15, 0.2) is 0 Å². The lowest BCUT2D eigenvalue weighted by Gasteiger charge is -2.30. The summed E-state index contributed by atoms with van der Waals surface area (Å²) < 4.78 is 5.48. The third kappa shape index (κ3) is 4.27. The summed E-state index contributed by atoms with van der Waals surface area (Å²) >= 11 is 11.9. The first-order valence-electron chi connectivity index (χ1n) is 7.06. The number of ether oxygens (including phenoxy) is 1. The molecule has 0 aliphatic carbocycles. The first-order chi connectivity index (χ1) is 10.5. The number of halogens is 2. The molecule has 1 amide bonds. The highest BCUT2D eigenvalue weighted by molar-refractivity contribution is 6.42. The molecule has 0 spiro atoms. The zero-order valence-electron chi connectivity index (χ0n) is 11.9. The number of amides is 1. The molecule has 1 N–H and O–H groups in total. The van der Waals surface area contributed by atoms with Crippen LogP contribution in [0.5, 0.6) is 5.75 Å². The average molecular weight is 346 g/mol. The van der Waals surface area contributed by atoms with Crippen LogP contribution in [0.3, 0.4) is 0 Å². The van der Waals surface area contributed by atoms with Gasteiger partial charge in [0, 0.05) is 13.1 Å². The minimum absolute atomic E-state index is 0.0398. The Morgan fingerprint density at radius 2 is 1.95 bits per heavy atom. The Kier molecular flexibility index (Phi) is 5.91. The van der Waals surface area contributed by atoms with E-state index < -0.39 is 5.97 Å². The second-order valence-corrected chi connectivity index (χ2v) is 5.93. The Balaban J connectivity index is 1.77. The molecule has 0 atom stereocenters. The Bertz CT molecular complexity index is 556. The van der Waals surface area contributed by atoms with Crippen LogP contribution in [0.2, 0.25) is 10.0 Å². The first kappa shape index (κ1) is 16.9. The molecule has 1 aromatic carbocycles. The number of benzene rings is 1. The molecule has 1 aliphatic heterocycles. The number of hydrogen-bond acceptors (Lipinski definition) is 3. The largest absolute Gasteiger partial charge is 0.491 e. The van der Waals surface area contributed by atoms with Crippen molar-refractivity contribution in [3.05, 3.63) is 28.2 Å². The number of piperidine rings is 1. The van der Waals surface area contributed by atoms with Gasteiger partial charge in [0.25, 0.3) is 0 Å². The molecule has 1 fully saturated rings. The van der Waals surface area contributed by atoms with Crippen LogP contribution in [-0.4, -0.2) is 41.6 Å². The summed E-state index contributed by atoms with van der Waals surface area (Å²) in [5.74, 6) is -0.717. The van der Waals surface area contributed by atoms with E-state index in [0.29, 0.717) is 41.7 Å². The molecule has 1 saturated heterocycles. The van der Waals surface area contributed by atoms with Crippen molar-refractivity contribution in [3.63, 3.8) is 0 Å². The number of nitrogens with zero attached hydrogens (tertiary/aromatic N) is 1. The lowest BCUT2D eigenvalue weighted by atomic mass is 9.97. The SMILES string of the molecule is O=C(O)C1CCN(C(=O)CCOc2cccc(Cl)c2Cl)CC1. The van der Waals surface area contributed by atoms with E-state index in [2.05, 4.69) is 0 Å². The van der Waals surface area contributed by atoms with Crippen molar-refractivity contribution in [3.8, 4) is 5.75 Å². The van der Waals surface area contributed by atoms with Crippen LogP contribution in [0.1, 0.15) is 19.3 Å². The van der Waals surface area contributed by atoms with E-state index in [-0.39, 0.29) is 24.9 Å². The zero-order valence-corrected chi connectivity index (χ0v) is 13.4. The minimum atomic E-state index is -0.786. The first-order valence-corrected chi connectivity index (χ1v) is 7.82. The normalized spacial score (nSPS) is 15.6. The Morgan fingerprint density at radius 1 is 1.27 bits per heavy atom. The second-order valence-electron chi connectivity index (χ2n) is 5.14. The monoisotopic (exact) mass is 345 g/mol. The van der Waals surface area contributed by atoms with Gasteiger partial charge in [-0.15, -0.1) is 0 Å². The smallest absolute Gasteiger partial charge is 0.306 e. The average Bonchev–Trinajstić information content (AvgIpc) is 2.51. The van der Waals surface area contributed by atoms with Gasteiger partial charge in [0.05, 0.1) is 24.0 Å². The summed E-state index contributed by atoms with van der Waals surface area (Å²) in [7, 11) is 0. The number of likely N-dealkylation sites (tertiary alicyclic amines) is 1. The molecule has 2 rings (SSSR count). The third-order valence-corrected chi connectivity index (χ3v) is 4.49. The van der Waals surface area contributed by atoms with E-state index in [4.69, 9.17) is 33.0 Å². The molecule has 0 bridgehead atoms. The minimum Gasteiger partial charge on any atom is -0.491 e. The zero-order chi connectivity index (χ0) is 16.1. The molecule has 1 aliphatic rings. The van der Waals surface area contributed by atoms with Crippen LogP contribution in [-0.2, 0) is 9.59 Å². The van der Waals surface area contributed by atoms with Crippen LogP contribution >= 0.6 is 23.2 Å². The number of hydrogen-bond donors (Lipinski definition) is 1. The molecule has 0 radical (unpaired) electrons. The van der Waals surface area contributed by atoms with Crippen molar-refractivity contribution in [2.24, 2.45) is 5.92 Å². The number of carboxylic acid groups (broad SMARTS) is 1. The summed E-state index contributed by atoms with van der Waals surface area (Å²) in [5.41, 5.74) is 0. The fourth-order valence-corrected chi connectivity index (χ4v) is 2.72. The van der Waals surface area contributed by atoms with E-state index in [0.717, 1.165) is 0 Å². The molecule has 7 heteroatoms. The van der Waals surface area contributed by atoms with Crippen LogP contribution < -0.4 is 4.74 Å². The molecule has 0 saturated carbocycles. The van der Waals surface area contributed by atoms with Crippen LogP contribution in [0.4, 0.5) is 0 Å². The molecular weight excluding hydrogens is 329 g/mol. The quantitative estimate of drug-likeness (QED) is 0.890. The molecule has 0 unspecified atom stereocenters. The van der Waals surface area contributed by atoms with Crippen LogP contribution in [0.15, 0.2) is 18.2 Å². The summed E-state index contributed by atoms with van der Waals surface area (Å²) in [6, 6.07) is 5.08.